The molecule has 3 N–H and O–H groups in total. The lowest BCUT2D eigenvalue weighted by molar-refractivity contribution is 0.100. The van der Waals surface area contributed by atoms with Crippen molar-refractivity contribution >= 4 is 27.5 Å². The highest BCUT2D eigenvalue weighted by Gasteiger charge is 2.22. The summed E-state index contributed by atoms with van der Waals surface area (Å²) < 4.78 is 0.883. The molecule has 5 heteroatoms. The topological polar surface area (TPSA) is 58.4 Å². The average molecular weight is 326 g/mol. The Morgan fingerprint density at radius 2 is 2.37 bits per heavy atom. The van der Waals surface area contributed by atoms with Gasteiger partial charge in [0.15, 0.2) is 0 Å². The lowest BCUT2D eigenvalue weighted by Gasteiger charge is -2.35. The van der Waals surface area contributed by atoms with E-state index in [2.05, 4.69) is 26.1 Å². The second kappa shape index (κ2) is 6.39. The molecule has 104 valence electrons. The van der Waals surface area contributed by atoms with Crippen LogP contribution in [0.15, 0.2) is 22.7 Å². The molecular weight excluding hydrogens is 306 g/mol. The molecule has 1 aliphatic rings. The van der Waals surface area contributed by atoms with Crippen LogP contribution in [0.3, 0.4) is 0 Å². The number of carbonyl (C=O) groups excluding carboxylic acids is 1. The van der Waals surface area contributed by atoms with Crippen molar-refractivity contribution in [3.8, 4) is 0 Å². The molecule has 1 amide bonds. The fraction of sp³-hybridized carbons (Fsp3) is 0.500. The van der Waals surface area contributed by atoms with E-state index in [1.54, 1.807) is 6.07 Å². The Bertz CT molecular complexity index is 462. The standard InChI is InChI=1S/C14H20BrN3O/c1-17-8-10-3-2-6-18(9-10)13-5-4-11(15)7-12(13)14(16)19/h4-5,7,10,17H,2-3,6,8-9H2,1H3,(H2,16,19). The third-order valence-corrected chi connectivity index (χ3v) is 4.07. The van der Waals surface area contributed by atoms with Crippen LogP contribution in [0.5, 0.6) is 0 Å². The van der Waals surface area contributed by atoms with E-state index in [0.717, 1.165) is 36.2 Å². The van der Waals surface area contributed by atoms with Crippen molar-refractivity contribution in [1.29, 1.82) is 0 Å². The molecule has 0 aliphatic carbocycles. The van der Waals surface area contributed by atoms with Crippen LogP contribution in [0.4, 0.5) is 5.69 Å². The SMILES string of the molecule is CNCC1CCCN(c2ccc(Br)cc2C(N)=O)C1. The Kier molecular flexibility index (Phi) is 4.82. The lowest BCUT2D eigenvalue weighted by Crippen LogP contribution is -2.40. The highest BCUT2D eigenvalue weighted by atomic mass is 79.9. The summed E-state index contributed by atoms with van der Waals surface area (Å²) in [7, 11) is 1.98. The van der Waals surface area contributed by atoms with Crippen molar-refractivity contribution in [2.45, 2.75) is 12.8 Å². The summed E-state index contributed by atoms with van der Waals surface area (Å²) in [4.78, 5) is 13.9. The third-order valence-electron chi connectivity index (χ3n) is 3.58. The fourth-order valence-electron chi connectivity index (χ4n) is 2.72. The molecule has 0 aromatic heterocycles. The van der Waals surface area contributed by atoms with Crippen molar-refractivity contribution in [2.75, 3.05) is 31.6 Å². The Balaban J connectivity index is 2.23. The number of nitrogens with zero attached hydrogens (tertiary/aromatic N) is 1. The van der Waals surface area contributed by atoms with Gasteiger partial charge in [0.25, 0.3) is 5.91 Å². The Morgan fingerprint density at radius 1 is 1.58 bits per heavy atom. The molecule has 1 aromatic carbocycles. The van der Waals surface area contributed by atoms with Crippen molar-refractivity contribution in [1.82, 2.24) is 5.32 Å². The second-order valence-corrected chi connectivity index (χ2v) is 5.95. The first-order valence-corrected chi connectivity index (χ1v) is 7.40. The van der Waals surface area contributed by atoms with Gasteiger partial charge in [0.05, 0.1) is 5.56 Å². The molecule has 1 fully saturated rings. The van der Waals surface area contributed by atoms with E-state index in [1.807, 2.05) is 19.2 Å². The number of amides is 1. The summed E-state index contributed by atoms with van der Waals surface area (Å²) in [5.41, 5.74) is 7.04. The van der Waals surface area contributed by atoms with E-state index in [4.69, 9.17) is 5.73 Å². The number of benzene rings is 1. The summed E-state index contributed by atoms with van der Waals surface area (Å²) in [6.45, 7) is 2.98. The van der Waals surface area contributed by atoms with Gasteiger partial charge in [0.2, 0.25) is 0 Å². The predicted octanol–water partition coefficient (Wildman–Crippen LogP) is 1.98. The number of rotatable bonds is 4. The molecule has 1 heterocycles. The summed E-state index contributed by atoms with van der Waals surface area (Å²) >= 11 is 3.39. The highest BCUT2D eigenvalue weighted by molar-refractivity contribution is 9.10. The number of nitrogens with two attached hydrogens (primary N) is 1. The largest absolute Gasteiger partial charge is 0.371 e. The van der Waals surface area contributed by atoms with Gasteiger partial charge >= 0.3 is 0 Å². The van der Waals surface area contributed by atoms with Crippen LogP contribution < -0.4 is 16.0 Å². The van der Waals surface area contributed by atoms with Crippen LogP contribution in [-0.2, 0) is 0 Å². The Morgan fingerprint density at radius 3 is 3.05 bits per heavy atom. The number of anilines is 1. The number of nitrogens with one attached hydrogen (secondary N) is 1. The van der Waals surface area contributed by atoms with Gasteiger partial charge in [-0.15, -0.1) is 0 Å². The van der Waals surface area contributed by atoms with Gasteiger partial charge in [-0.05, 0) is 50.6 Å². The first kappa shape index (κ1) is 14.3. The maximum absolute atomic E-state index is 11.6. The maximum atomic E-state index is 11.6. The molecule has 0 bridgehead atoms. The highest BCUT2D eigenvalue weighted by Crippen LogP contribution is 2.28. The van der Waals surface area contributed by atoms with Gasteiger partial charge in [0, 0.05) is 23.2 Å². The van der Waals surface area contributed by atoms with Crippen LogP contribution in [0.25, 0.3) is 0 Å². The number of carbonyl (C=O) groups is 1. The van der Waals surface area contributed by atoms with Crippen LogP contribution in [0.1, 0.15) is 23.2 Å². The van der Waals surface area contributed by atoms with E-state index in [9.17, 15) is 4.79 Å². The monoisotopic (exact) mass is 325 g/mol. The normalized spacial score (nSPS) is 19.5. The van der Waals surface area contributed by atoms with Crippen molar-refractivity contribution in [2.24, 2.45) is 11.7 Å². The van der Waals surface area contributed by atoms with E-state index in [0.29, 0.717) is 11.5 Å². The first-order chi connectivity index (χ1) is 9.11. The summed E-state index contributed by atoms with van der Waals surface area (Å²) in [6.07, 6.45) is 2.39. The quantitative estimate of drug-likeness (QED) is 0.890. The molecule has 1 atom stereocenters. The van der Waals surface area contributed by atoms with Crippen LogP contribution in [-0.4, -0.2) is 32.6 Å². The lowest BCUT2D eigenvalue weighted by atomic mass is 9.96. The number of piperidine rings is 1. The summed E-state index contributed by atoms with van der Waals surface area (Å²) in [6, 6.07) is 5.74. The maximum Gasteiger partial charge on any atom is 0.250 e. The van der Waals surface area contributed by atoms with E-state index in [-0.39, 0.29) is 5.91 Å². The van der Waals surface area contributed by atoms with Crippen LogP contribution in [0.2, 0.25) is 0 Å². The minimum atomic E-state index is -0.368. The molecule has 1 unspecified atom stereocenters. The molecule has 0 saturated carbocycles. The molecular formula is C14H20BrN3O. The van der Waals surface area contributed by atoms with Crippen molar-refractivity contribution in [3.05, 3.63) is 28.2 Å². The van der Waals surface area contributed by atoms with Crippen molar-refractivity contribution < 1.29 is 4.79 Å². The zero-order valence-corrected chi connectivity index (χ0v) is 12.7. The Labute approximate surface area is 122 Å². The number of hydrogen-bond donors (Lipinski definition) is 2. The van der Waals surface area contributed by atoms with Gasteiger partial charge < -0.3 is 16.0 Å². The molecule has 1 aliphatic heterocycles. The molecule has 1 aromatic rings. The minimum Gasteiger partial charge on any atom is -0.371 e. The molecule has 19 heavy (non-hydrogen) atoms. The zero-order chi connectivity index (χ0) is 13.8. The molecule has 0 radical (unpaired) electrons. The first-order valence-electron chi connectivity index (χ1n) is 6.60. The second-order valence-electron chi connectivity index (χ2n) is 5.04. The van der Waals surface area contributed by atoms with Crippen LogP contribution >= 0.6 is 15.9 Å². The minimum absolute atomic E-state index is 0.368. The number of halogens is 1. The van der Waals surface area contributed by atoms with Crippen LogP contribution in [0, 0.1) is 5.92 Å². The van der Waals surface area contributed by atoms with E-state index < -0.39 is 0 Å². The summed E-state index contributed by atoms with van der Waals surface area (Å²) in [5.74, 6) is 0.259. The van der Waals surface area contributed by atoms with Crippen molar-refractivity contribution in [3.63, 3.8) is 0 Å². The van der Waals surface area contributed by atoms with E-state index >= 15 is 0 Å². The van der Waals surface area contributed by atoms with Gasteiger partial charge in [-0.25, -0.2) is 0 Å². The zero-order valence-electron chi connectivity index (χ0n) is 11.2. The third kappa shape index (κ3) is 3.48. The molecule has 4 nitrogen and oxygen atoms in total. The predicted molar refractivity (Wildman–Crippen MR) is 81.5 cm³/mol. The smallest absolute Gasteiger partial charge is 0.250 e. The number of hydrogen-bond acceptors (Lipinski definition) is 3. The Hall–Kier alpha value is -1.07. The molecule has 0 spiro atoms. The average Bonchev–Trinajstić information content (AvgIpc) is 2.39. The number of primary amides is 1. The van der Waals surface area contributed by atoms with Gasteiger partial charge in [-0.1, -0.05) is 15.9 Å². The summed E-state index contributed by atoms with van der Waals surface area (Å²) in [5, 5.41) is 3.23. The van der Waals surface area contributed by atoms with E-state index in [1.165, 1.54) is 6.42 Å². The van der Waals surface area contributed by atoms with Gasteiger partial charge in [-0.2, -0.15) is 0 Å². The molecule has 2 rings (SSSR count). The molecule has 1 saturated heterocycles. The van der Waals surface area contributed by atoms with Gasteiger partial charge in [-0.3, -0.25) is 4.79 Å². The fourth-order valence-corrected chi connectivity index (χ4v) is 3.08. The van der Waals surface area contributed by atoms with Gasteiger partial charge in [0.1, 0.15) is 0 Å².